The minimum atomic E-state index is 0.0482. The zero-order valence-corrected chi connectivity index (χ0v) is 14.4. The largest absolute Gasteiger partial charge is 0.355 e. The van der Waals surface area contributed by atoms with Crippen LogP contribution in [-0.4, -0.2) is 22.0 Å². The van der Waals surface area contributed by atoms with Crippen LogP contribution in [0.1, 0.15) is 76.4 Å². The second kappa shape index (κ2) is 8.35. The lowest BCUT2D eigenvalue weighted by Crippen LogP contribution is -2.30. The van der Waals surface area contributed by atoms with Crippen molar-refractivity contribution in [2.24, 2.45) is 5.92 Å². The van der Waals surface area contributed by atoms with Gasteiger partial charge in [0.15, 0.2) is 0 Å². The van der Waals surface area contributed by atoms with Crippen molar-refractivity contribution < 1.29 is 4.79 Å². The fourth-order valence-corrected chi connectivity index (χ4v) is 3.37. The standard InChI is InChI=1S/C18H31N3O/c1-14(2)18(22)19-12-11-17-20-13-15(3)21(17)16-9-7-5-4-6-8-10-16/h13-14,16H,4-12H2,1-3H3,(H,19,22). The molecule has 0 atom stereocenters. The summed E-state index contributed by atoms with van der Waals surface area (Å²) in [5.74, 6) is 1.31. The molecule has 0 bridgehead atoms. The summed E-state index contributed by atoms with van der Waals surface area (Å²) >= 11 is 0. The molecule has 22 heavy (non-hydrogen) atoms. The van der Waals surface area contributed by atoms with E-state index < -0.39 is 0 Å². The van der Waals surface area contributed by atoms with E-state index in [1.165, 1.54) is 50.6 Å². The molecule has 1 heterocycles. The highest BCUT2D eigenvalue weighted by atomic mass is 16.1. The van der Waals surface area contributed by atoms with Crippen LogP contribution in [0.2, 0.25) is 0 Å². The summed E-state index contributed by atoms with van der Waals surface area (Å²) in [7, 11) is 0. The molecule has 1 aliphatic rings. The molecule has 124 valence electrons. The number of hydrogen-bond donors (Lipinski definition) is 1. The van der Waals surface area contributed by atoms with Gasteiger partial charge in [-0.25, -0.2) is 4.98 Å². The molecular formula is C18H31N3O. The number of imidazole rings is 1. The van der Waals surface area contributed by atoms with E-state index in [1.807, 2.05) is 20.0 Å². The second-order valence-corrected chi connectivity index (χ2v) is 6.88. The first-order valence-corrected chi connectivity index (χ1v) is 8.90. The maximum atomic E-state index is 11.7. The van der Waals surface area contributed by atoms with Gasteiger partial charge in [0.1, 0.15) is 5.82 Å². The fraction of sp³-hybridized carbons (Fsp3) is 0.778. The van der Waals surface area contributed by atoms with Gasteiger partial charge in [0.2, 0.25) is 5.91 Å². The van der Waals surface area contributed by atoms with Crippen LogP contribution in [0.5, 0.6) is 0 Å². The van der Waals surface area contributed by atoms with Gasteiger partial charge in [-0.1, -0.05) is 46.0 Å². The van der Waals surface area contributed by atoms with E-state index in [2.05, 4.69) is 21.8 Å². The summed E-state index contributed by atoms with van der Waals surface area (Å²) < 4.78 is 2.44. The molecular weight excluding hydrogens is 274 g/mol. The Hall–Kier alpha value is -1.32. The number of nitrogens with zero attached hydrogens (tertiary/aromatic N) is 2. The summed E-state index contributed by atoms with van der Waals surface area (Å²) in [6.07, 6.45) is 12.1. The van der Waals surface area contributed by atoms with Crippen LogP contribution >= 0.6 is 0 Å². The molecule has 0 radical (unpaired) electrons. The fourth-order valence-electron chi connectivity index (χ4n) is 3.37. The lowest BCUT2D eigenvalue weighted by atomic mass is 9.96. The van der Waals surface area contributed by atoms with E-state index in [4.69, 9.17) is 0 Å². The van der Waals surface area contributed by atoms with Gasteiger partial charge in [0, 0.05) is 36.8 Å². The molecule has 0 spiro atoms. The number of carbonyl (C=O) groups excluding carboxylic acids is 1. The molecule has 4 heteroatoms. The zero-order valence-electron chi connectivity index (χ0n) is 14.4. The predicted molar refractivity (Wildman–Crippen MR) is 89.9 cm³/mol. The molecule has 1 aromatic heterocycles. The van der Waals surface area contributed by atoms with Crippen LogP contribution in [0, 0.1) is 12.8 Å². The predicted octanol–water partition coefficient (Wildman–Crippen LogP) is 3.79. The van der Waals surface area contributed by atoms with E-state index >= 15 is 0 Å². The number of hydrogen-bond acceptors (Lipinski definition) is 2. The van der Waals surface area contributed by atoms with Gasteiger partial charge in [-0.15, -0.1) is 0 Å². The average Bonchev–Trinajstić information content (AvgIpc) is 2.80. The molecule has 0 aliphatic heterocycles. The maximum Gasteiger partial charge on any atom is 0.222 e. The summed E-state index contributed by atoms with van der Waals surface area (Å²) in [6.45, 7) is 6.69. The molecule has 1 aromatic rings. The monoisotopic (exact) mass is 305 g/mol. The van der Waals surface area contributed by atoms with E-state index in [0.717, 1.165) is 12.2 Å². The Morgan fingerprint density at radius 1 is 1.27 bits per heavy atom. The van der Waals surface area contributed by atoms with E-state index in [9.17, 15) is 4.79 Å². The van der Waals surface area contributed by atoms with Gasteiger partial charge < -0.3 is 9.88 Å². The topological polar surface area (TPSA) is 46.9 Å². The Bertz CT molecular complexity index is 471. The molecule has 1 saturated carbocycles. The van der Waals surface area contributed by atoms with Gasteiger partial charge in [-0.3, -0.25) is 4.79 Å². The zero-order chi connectivity index (χ0) is 15.9. The van der Waals surface area contributed by atoms with Crippen molar-refractivity contribution >= 4 is 5.91 Å². The summed E-state index contributed by atoms with van der Waals surface area (Å²) in [6, 6.07) is 0.596. The maximum absolute atomic E-state index is 11.7. The minimum absolute atomic E-state index is 0.0482. The molecule has 0 saturated heterocycles. The number of nitrogens with one attached hydrogen (secondary N) is 1. The first-order valence-electron chi connectivity index (χ1n) is 8.90. The lowest BCUT2D eigenvalue weighted by molar-refractivity contribution is -0.123. The number of carbonyl (C=O) groups is 1. The lowest BCUT2D eigenvalue weighted by Gasteiger charge is -2.24. The normalized spacial score (nSPS) is 17.3. The number of aryl methyl sites for hydroxylation is 1. The Morgan fingerprint density at radius 2 is 1.91 bits per heavy atom. The van der Waals surface area contributed by atoms with Crippen molar-refractivity contribution in [3.63, 3.8) is 0 Å². The molecule has 1 aliphatic carbocycles. The molecule has 2 rings (SSSR count). The average molecular weight is 305 g/mol. The Kier molecular flexibility index (Phi) is 6.47. The number of rotatable bonds is 5. The number of amides is 1. The van der Waals surface area contributed by atoms with Crippen molar-refractivity contribution in [1.29, 1.82) is 0 Å². The highest BCUT2D eigenvalue weighted by molar-refractivity contribution is 5.77. The summed E-state index contributed by atoms with van der Waals surface area (Å²) in [5, 5.41) is 3.00. The van der Waals surface area contributed by atoms with Crippen molar-refractivity contribution in [2.75, 3.05) is 6.54 Å². The van der Waals surface area contributed by atoms with E-state index in [-0.39, 0.29) is 11.8 Å². The van der Waals surface area contributed by atoms with E-state index in [0.29, 0.717) is 12.6 Å². The molecule has 4 nitrogen and oxygen atoms in total. The van der Waals surface area contributed by atoms with Crippen molar-refractivity contribution in [3.8, 4) is 0 Å². The number of aromatic nitrogens is 2. The van der Waals surface area contributed by atoms with Gasteiger partial charge in [-0.2, -0.15) is 0 Å². The van der Waals surface area contributed by atoms with Crippen LogP contribution in [0.25, 0.3) is 0 Å². The third-order valence-corrected chi connectivity index (χ3v) is 4.67. The highest BCUT2D eigenvalue weighted by Gasteiger charge is 2.18. The van der Waals surface area contributed by atoms with Crippen molar-refractivity contribution in [2.45, 2.75) is 78.2 Å². The third-order valence-electron chi connectivity index (χ3n) is 4.67. The molecule has 1 amide bonds. The van der Waals surface area contributed by atoms with Crippen molar-refractivity contribution in [1.82, 2.24) is 14.9 Å². The smallest absolute Gasteiger partial charge is 0.222 e. The second-order valence-electron chi connectivity index (χ2n) is 6.88. The van der Waals surface area contributed by atoms with Gasteiger partial charge in [0.25, 0.3) is 0 Å². The summed E-state index contributed by atoms with van der Waals surface area (Å²) in [5.41, 5.74) is 1.26. The van der Waals surface area contributed by atoms with Crippen molar-refractivity contribution in [3.05, 3.63) is 17.7 Å². The molecule has 1 N–H and O–H groups in total. The van der Waals surface area contributed by atoms with E-state index in [1.54, 1.807) is 0 Å². The Balaban J connectivity index is 1.98. The first kappa shape index (κ1) is 17.0. The minimum Gasteiger partial charge on any atom is -0.355 e. The van der Waals surface area contributed by atoms with Gasteiger partial charge >= 0.3 is 0 Å². The van der Waals surface area contributed by atoms with Crippen LogP contribution in [0.4, 0.5) is 0 Å². The van der Waals surface area contributed by atoms with Crippen LogP contribution in [0.3, 0.4) is 0 Å². The first-order chi connectivity index (χ1) is 10.6. The SMILES string of the molecule is Cc1cnc(CCNC(=O)C(C)C)n1C1CCCCCCC1. The third kappa shape index (κ3) is 4.59. The molecule has 0 aromatic carbocycles. The Labute approximate surface area is 134 Å². The van der Waals surface area contributed by atoms with Crippen LogP contribution < -0.4 is 5.32 Å². The van der Waals surface area contributed by atoms with Gasteiger partial charge in [-0.05, 0) is 19.8 Å². The Morgan fingerprint density at radius 3 is 2.55 bits per heavy atom. The van der Waals surface area contributed by atoms with Gasteiger partial charge in [0.05, 0.1) is 0 Å². The van der Waals surface area contributed by atoms with Crippen LogP contribution in [-0.2, 0) is 11.2 Å². The van der Waals surface area contributed by atoms with Crippen LogP contribution in [0.15, 0.2) is 6.20 Å². The summed E-state index contributed by atoms with van der Waals surface area (Å²) in [4.78, 5) is 16.3. The molecule has 1 fully saturated rings. The molecule has 0 unspecified atom stereocenters. The quantitative estimate of drug-likeness (QED) is 0.899. The highest BCUT2D eigenvalue weighted by Crippen LogP contribution is 2.28.